The molecule has 1 fully saturated rings. The Hall–Kier alpha value is -1.07. The van der Waals surface area contributed by atoms with Crippen LogP contribution in [0.25, 0.3) is 0 Å². The number of aliphatic hydroxyl groups is 5. The molecule has 1 aliphatic heterocycles. The Morgan fingerprint density at radius 3 is 1.77 bits per heavy atom. The van der Waals surface area contributed by atoms with E-state index in [-0.39, 0.29) is 12.5 Å². The Bertz CT molecular complexity index is 691. The van der Waals surface area contributed by atoms with E-state index >= 15 is 0 Å². The molecular formula is C34H65NO8. The second kappa shape index (κ2) is 26.2. The standard InChI is InChI=1S/C34H65NO8/c1-3-5-7-8-9-10-11-12-13-14-15-16-17-18-19-20-22-24-30(38)35-27(28(37)23-21-6-4-2)26-42-34-33(41)32(40)31(39)29(25-36)43-34/h21,23,27-29,31-34,36-37,39-41H,3-20,22,24-26H2,1-2H3,(H,35,38)/b23-21+. The molecule has 0 aromatic rings. The van der Waals surface area contributed by atoms with Crippen LogP contribution in [0.1, 0.15) is 142 Å². The van der Waals surface area contributed by atoms with Gasteiger partial charge in [-0.1, -0.05) is 135 Å². The summed E-state index contributed by atoms with van der Waals surface area (Å²) in [6.45, 7) is 3.54. The van der Waals surface area contributed by atoms with Crippen molar-refractivity contribution in [2.45, 2.75) is 185 Å². The van der Waals surface area contributed by atoms with Gasteiger partial charge in [-0.05, 0) is 12.8 Å². The van der Waals surface area contributed by atoms with Gasteiger partial charge < -0.3 is 40.3 Å². The summed E-state index contributed by atoms with van der Waals surface area (Å²) in [6, 6.07) is -0.793. The highest BCUT2D eigenvalue weighted by Gasteiger charge is 2.44. The molecule has 1 heterocycles. The van der Waals surface area contributed by atoms with E-state index in [2.05, 4.69) is 12.2 Å². The van der Waals surface area contributed by atoms with Gasteiger partial charge in [-0.2, -0.15) is 0 Å². The zero-order chi connectivity index (χ0) is 31.7. The van der Waals surface area contributed by atoms with Gasteiger partial charge in [0.15, 0.2) is 6.29 Å². The summed E-state index contributed by atoms with van der Waals surface area (Å²) in [5.74, 6) is -0.189. The third-order valence-corrected chi connectivity index (χ3v) is 8.34. The number of allylic oxidation sites excluding steroid dienone is 1. The second-order valence-electron chi connectivity index (χ2n) is 12.3. The van der Waals surface area contributed by atoms with Crippen LogP contribution in [0, 0.1) is 0 Å². The fourth-order valence-corrected chi connectivity index (χ4v) is 5.46. The van der Waals surface area contributed by atoms with Crippen molar-refractivity contribution in [2.75, 3.05) is 13.2 Å². The van der Waals surface area contributed by atoms with Gasteiger partial charge >= 0.3 is 0 Å². The van der Waals surface area contributed by atoms with Crippen LogP contribution in [0.2, 0.25) is 0 Å². The van der Waals surface area contributed by atoms with Crippen molar-refractivity contribution >= 4 is 5.91 Å². The molecule has 7 atom stereocenters. The quantitative estimate of drug-likeness (QED) is 0.0556. The molecule has 1 aliphatic rings. The minimum Gasteiger partial charge on any atom is -0.394 e. The number of aliphatic hydroxyl groups excluding tert-OH is 5. The molecule has 0 aromatic carbocycles. The minimum absolute atomic E-state index is 0.189. The molecule has 254 valence electrons. The third kappa shape index (κ3) is 18.5. The van der Waals surface area contributed by atoms with Gasteiger partial charge in [0.05, 0.1) is 25.4 Å². The minimum atomic E-state index is -1.56. The lowest BCUT2D eigenvalue weighted by Crippen LogP contribution is -2.60. The first-order valence-electron chi connectivity index (χ1n) is 17.4. The molecule has 43 heavy (non-hydrogen) atoms. The summed E-state index contributed by atoms with van der Waals surface area (Å²) in [5.41, 5.74) is 0. The van der Waals surface area contributed by atoms with Gasteiger partial charge in [-0.3, -0.25) is 4.79 Å². The number of nitrogens with one attached hydrogen (secondary N) is 1. The van der Waals surface area contributed by atoms with Gasteiger partial charge in [-0.25, -0.2) is 0 Å². The Morgan fingerprint density at radius 2 is 1.28 bits per heavy atom. The highest BCUT2D eigenvalue weighted by Crippen LogP contribution is 2.22. The van der Waals surface area contributed by atoms with Crippen molar-refractivity contribution in [2.24, 2.45) is 0 Å². The number of carbonyl (C=O) groups excluding carboxylic acids is 1. The summed E-state index contributed by atoms with van der Waals surface area (Å²) in [7, 11) is 0. The molecule has 1 rings (SSSR count). The zero-order valence-electron chi connectivity index (χ0n) is 27.2. The van der Waals surface area contributed by atoms with Crippen LogP contribution >= 0.6 is 0 Å². The Balaban J connectivity index is 2.24. The van der Waals surface area contributed by atoms with Gasteiger partial charge in [0.2, 0.25) is 5.91 Å². The van der Waals surface area contributed by atoms with Crippen molar-refractivity contribution in [3.05, 3.63) is 12.2 Å². The first kappa shape index (κ1) is 40.0. The SMILES string of the molecule is CCC/C=C/C(O)C(COC1OC(CO)C(O)C(O)C1O)NC(=O)CCCCCCCCCCCCCCCCCCC. The van der Waals surface area contributed by atoms with E-state index in [4.69, 9.17) is 9.47 Å². The van der Waals surface area contributed by atoms with Crippen LogP contribution in [0.5, 0.6) is 0 Å². The van der Waals surface area contributed by atoms with Crippen LogP contribution in [0.4, 0.5) is 0 Å². The highest BCUT2D eigenvalue weighted by atomic mass is 16.7. The Kier molecular flexibility index (Phi) is 24.3. The monoisotopic (exact) mass is 615 g/mol. The van der Waals surface area contributed by atoms with E-state index in [1.54, 1.807) is 6.08 Å². The lowest BCUT2D eigenvalue weighted by Gasteiger charge is -2.40. The van der Waals surface area contributed by atoms with Gasteiger partial charge in [0.1, 0.15) is 24.4 Å². The van der Waals surface area contributed by atoms with Crippen LogP contribution in [0.3, 0.4) is 0 Å². The molecule has 0 aromatic heterocycles. The van der Waals surface area contributed by atoms with E-state index in [0.29, 0.717) is 6.42 Å². The first-order chi connectivity index (χ1) is 20.8. The second-order valence-corrected chi connectivity index (χ2v) is 12.3. The summed E-state index contributed by atoms with van der Waals surface area (Å²) in [4.78, 5) is 12.7. The normalized spacial score (nSPS) is 23.9. The molecule has 9 nitrogen and oxygen atoms in total. The maximum Gasteiger partial charge on any atom is 0.220 e. The van der Waals surface area contributed by atoms with Crippen LogP contribution < -0.4 is 5.32 Å². The lowest BCUT2D eigenvalue weighted by atomic mass is 9.99. The van der Waals surface area contributed by atoms with Crippen molar-refractivity contribution in [3.63, 3.8) is 0 Å². The number of unbranched alkanes of at least 4 members (excludes halogenated alkanes) is 17. The van der Waals surface area contributed by atoms with Crippen molar-refractivity contribution in [1.29, 1.82) is 0 Å². The Labute approximate surface area is 261 Å². The van der Waals surface area contributed by atoms with Crippen LogP contribution in [0.15, 0.2) is 12.2 Å². The summed E-state index contributed by atoms with van der Waals surface area (Å²) >= 11 is 0. The van der Waals surface area contributed by atoms with Gasteiger partial charge in [0.25, 0.3) is 0 Å². The number of carbonyl (C=O) groups is 1. The third-order valence-electron chi connectivity index (χ3n) is 8.34. The zero-order valence-corrected chi connectivity index (χ0v) is 27.2. The maximum absolute atomic E-state index is 12.7. The summed E-state index contributed by atoms with van der Waals surface area (Å²) in [5, 5.41) is 53.1. The molecule has 9 heteroatoms. The number of rotatable bonds is 27. The van der Waals surface area contributed by atoms with Crippen LogP contribution in [-0.4, -0.2) is 87.5 Å². The number of ether oxygens (including phenoxy) is 2. The average molecular weight is 616 g/mol. The molecule has 0 bridgehead atoms. The van der Waals surface area contributed by atoms with Gasteiger partial charge in [-0.15, -0.1) is 0 Å². The van der Waals surface area contributed by atoms with Crippen molar-refractivity contribution < 1.29 is 39.8 Å². The fourth-order valence-electron chi connectivity index (χ4n) is 5.46. The highest BCUT2D eigenvalue weighted by molar-refractivity contribution is 5.76. The topological polar surface area (TPSA) is 149 Å². The molecule has 0 saturated carbocycles. The predicted molar refractivity (Wildman–Crippen MR) is 170 cm³/mol. The van der Waals surface area contributed by atoms with E-state index in [1.807, 2.05) is 13.0 Å². The number of hydrogen-bond acceptors (Lipinski definition) is 8. The first-order valence-corrected chi connectivity index (χ1v) is 17.4. The molecule has 6 N–H and O–H groups in total. The molecule has 1 amide bonds. The number of amides is 1. The molecule has 0 aliphatic carbocycles. The van der Waals surface area contributed by atoms with Gasteiger partial charge in [0, 0.05) is 6.42 Å². The smallest absolute Gasteiger partial charge is 0.220 e. The van der Waals surface area contributed by atoms with E-state index in [1.165, 1.54) is 89.9 Å². The van der Waals surface area contributed by atoms with E-state index in [9.17, 15) is 30.3 Å². The summed E-state index contributed by atoms with van der Waals surface area (Å²) in [6.07, 6.45) is 19.2. The molecular weight excluding hydrogens is 550 g/mol. The molecule has 0 radical (unpaired) electrons. The average Bonchev–Trinajstić information content (AvgIpc) is 3.00. The lowest BCUT2D eigenvalue weighted by molar-refractivity contribution is -0.302. The Morgan fingerprint density at radius 1 is 0.767 bits per heavy atom. The van der Waals surface area contributed by atoms with Crippen molar-refractivity contribution in [3.8, 4) is 0 Å². The van der Waals surface area contributed by atoms with Crippen molar-refractivity contribution in [1.82, 2.24) is 5.32 Å². The van der Waals surface area contributed by atoms with Crippen LogP contribution in [-0.2, 0) is 14.3 Å². The number of hydrogen-bond donors (Lipinski definition) is 6. The predicted octanol–water partition coefficient (Wildman–Crippen LogP) is 5.05. The molecule has 1 saturated heterocycles. The van der Waals surface area contributed by atoms with E-state index in [0.717, 1.165) is 32.1 Å². The van der Waals surface area contributed by atoms with E-state index < -0.39 is 49.5 Å². The summed E-state index contributed by atoms with van der Waals surface area (Å²) < 4.78 is 11.0. The molecule has 0 spiro atoms. The maximum atomic E-state index is 12.7. The largest absolute Gasteiger partial charge is 0.394 e. The molecule has 7 unspecified atom stereocenters. The fraction of sp³-hybridized carbons (Fsp3) is 0.912.